The van der Waals surface area contributed by atoms with Crippen LogP contribution in [0.3, 0.4) is 0 Å². The maximum atomic E-state index is 13.5. The van der Waals surface area contributed by atoms with Crippen molar-refractivity contribution >= 4 is 24.9 Å². The molecule has 0 bridgehead atoms. The summed E-state index contributed by atoms with van der Waals surface area (Å²) in [5, 5.41) is 0. The SMILES string of the molecule is CC(C)C[Si](CC(C)C)(CC(C)C)O[P+](=O)O[Si](CC(C)C)(CC(C)C)CC(C)C. The minimum Gasteiger partial charge on any atom is -0.176 e. The van der Waals surface area contributed by atoms with Gasteiger partial charge in [0.1, 0.15) is 0 Å². The Morgan fingerprint density at radius 2 is 0.633 bits per heavy atom. The Morgan fingerprint density at radius 1 is 0.467 bits per heavy atom. The Labute approximate surface area is 192 Å². The average Bonchev–Trinajstić information content (AvgIpc) is 2.40. The second kappa shape index (κ2) is 13.9. The van der Waals surface area contributed by atoms with Crippen LogP contribution in [0.2, 0.25) is 36.3 Å². The van der Waals surface area contributed by atoms with Crippen LogP contribution in [0.4, 0.5) is 0 Å². The molecule has 30 heavy (non-hydrogen) atoms. The summed E-state index contributed by atoms with van der Waals surface area (Å²) in [4.78, 5) is 0. The fraction of sp³-hybridized carbons (Fsp3) is 1.00. The zero-order chi connectivity index (χ0) is 23.7. The van der Waals surface area contributed by atoms with E-state index in [1.165, 1.54) is 0 Å². The highest BCUT2D eigenvalue weighted by Gasteiger charge is 2.51. The molecular formula is C24H54O3PSi2+. The fourth-order valence-electron chi connectivity index (χ4n) is 5.52. The van der Waals surface area contributed by atoms with Gasteiger partial charge in [0.05, 0.1) is 0 Å². The standard InChI is InChI=1S/C24H54O3PSi2/c1-19(2)13-29(14-20(3)4,15-21(5)6)26-28(25)27-30(16-22(7)8,17-23(9)10)18-24(11)12/h19-24H,13-18H2,1-12H3/q+1. The second-order valence-corrected chi connectivity index (χ2v) is 21.4. The summed E-state index contributed by atoms with van der Waals surface area (Å²) in [6.07, 6.45) is 0. The molecule has 0 aromatic rings. The molecule has 0 N–H and O–H groups in total. The van der Waals surface area contributed by atoms with E-state index in [4.69, 9.17) is 8.43 Å². The van der Waals surface area contributed by atoms with E-state index in [1.54, 1.807) is 0 Å². The summed E-state index contributed by atoms with van der Waals surface area (Å²) in [6.45, 7) is 27.3. The zero-order valence-corrected chi connectivity index (χ0v) is 25.3. The molecule has 0 aromatic carbocycles. The zero-order valence-electron chi connectivity index (χ0n) is 22.4. The lowest BCUT2D eigenvalue weighted by molar-refractivity contribution is 0.378. The largest absolute Gasteiger partial charge is 0.673 e. The fourth-order valence-corrected chi connectivity index (χ4v) is 20.3. The van der Waals surface area contributed by atoms with Crippen LogP contribution in [0, 0.1) is 35.5 Å². The first-order valence-corrected chi connectivity index (χ1v) is 18.6. The Bertz CT molecular complexity index is 396. The van der Waals surface area contributed by atoms with E-state index >= 15 is 0 Å². The summed E-state index contributed by atoms with van der Waals surface area (Å²) >= 11 is 0. The van der Waals surface area contributed by atoms with Crippen molar-refractivity contribution in [3.63, 3.8) is 0 Å². The minimum atomic E-state index is -2.15. The highest BCUT2D eigenvalue weighted by atomic mass is 31.1. The van der Waals surface area contributed by atoms with Gasteiger partial charge < -0.3 is 0 Å². The highest BCUT2D eigenvalue weighted by molar-refractivity contribution is 7.38. The van der Waals surface area contributed by atoms with Crippen LogP contribution in [0.25, 0.3) is 0 Å². The van der Waals surface area contributed by atoms with Gasteiger partial charge in [0.15, 0.2) is 0 Å². The van der Waals surface area contributed by atoms with Crippen LogP contribution in [0.5, 0.6) is 0 Å². The van der Waals surface area contributed by atoms with Crippen LogP contribution in [-0.2, 0) is 13.0 Å². The highest BCUT2D eigenvalue weighted by Crippen LogP contribution is 2.46. The number of rotatable bonds is 16. The van der Waals surface area contributed by atoms with Crippen LogP contribution < -0.4 is 0 Å². The van der Waals surface area contributed by atoms with Gasteiger partial charge in [-0.05, 0) is 71.8 Å². The maximum absolute atomic E-state index is 13.5. The normalized spacial score (nSPS) is 13.7. The molecule has 3 nitrogen and oxygen atoms in total. The van der Waals surface area contributed by atoms with Gasteiger partial charge >= 0.3 is 8.25 Å². The van der Waals surface area contributed by atoms with Crippen molar-refractivity contribution in [1.82, 2.24) is 0 Å². The van der Waals surface area contributed by atoms with Gasteiger partial charge in [0, 0.05) is 4.57 Å². The van der Waals surface area contributed by atoms with Crippen molar-refractivity contribution < 1.29 is 13.0 Å². The average molecular weight is 478 g/mol. The Hall–Kier alpha value is 0.454. The topological polar surface area (TPSA) is 35.5 Å². The second-order valence-electron chi connectivity index (χ2n) is 12.4. The predicted molar refractivity (Wildman–Crippen MR) is 139 cm³/mol. The van der Waals surface area contributed by atoms with Crippen molar-refractivity contribution in [3.8, 4) is 0 Å². The third-order valence-corrected chi connectivity index (χ3v) is 18.9. The molecular weight excluding hydrogens is 423 g/mol. The summed E-state index contributed by atoms with van der Waals surface area (Å²) in [5.74, 6) is 3.34. The summed E-state index contributed by atoms with van der Waals surface area (Å²) in [6, 6.07) is 6.42. The summed E-state index contributed by atoms with van der Waals surface area (Å²) in [7, 11) is -6.37. The lowest BCUT2D eigenvalue weighted by atomic mass is 10.2. The van der Waals surface area contributed by atoms with Crippen molar-refractivity contribution in [3.05, 3.63) is 0 Å². The monoisotopic (exact) mass is 477 g/mol. The van der Waals surface area contributed by atoms with Crippen LogP contribution in [0.15, 0.2) is 0 Å². The van der Waals surface area contributed by atoms with Crippen molar-refractivity contribution in [2.75, 3.05) is 0 Å². The Morgan fingerprint density at radius 3 is 0.767 bits per heavy atom. The van der Waals surface area contributed by atoms with Crippen molar-refractivity contribution in [2.45, 2.75) is 119 Å². The Kier molecular flexibility index (Phi) is 14.1. The number of hydrogen-bond acceptors (Lipinski definition) is 3. The summed E-state index contributed by atoms with van der Waals surface area (Å²) in [5.41, 5.74) is 0. The smallest absolute Gasteiger partial charge is 0.176 e. The first-order valence-electron chi connectivity index (χ1n) is 12.5. The van der Waals surface area contributed by atoms with E-state index in [9.17, 15) is 4.57 Å². The van der Waals surface area contributed by atoms with E-state index in [2.05, 4.69) is 83.1 Å². The molecule has 6 heteroatoms. The first kappa shape index (κ1) is 30.5. The third kappa shape index (κ3) is 13.1. The van der Waals surface area contributed by atoms with E-state index in [1.807, 2.05) is 0 Å². The van der Waals surface area contributed by atoms with Gasteiger partial charge in [-0.25, -0.2) is 0 Å². The molecule has 0 amide bonds. The molecule has 0 spiro atoms. The summed E-state index contributed by atoms with van der Waals surface area (Å²) < 4.78 is 26.8. The Balaban J connectivity index is 5.86. The molecule has 0 rings (SSSR count). The molecule has 0 aliphatic rings. The predicted octanol–water partition coefficient (Wildman–Crippen LogP) is 9.50. The lowest BCUT2D eigenvalue weighted by Crippen LogP contribution is -2.43. The van der Waals surface area contributed by atoms with Gasteiger partial charge in [0.25, 0.3) is 16.6 Å². The molecule has 0 fully saturated rings. The van der Waals surface area contributed by atoms with Crippen LogP contribution in [0.1, 0.15) is 83.1 Å². The molecule has 0 aliphatic carbocycles. The maximum Gasteiger partial charge on any atom is 0.673 e. The van der Waals surface area contributed by atoms with Gasteiger partial charge in [-0.2, -0.15) is 8.43 Å². The van der Waals surface area contributed by atoms with Gasteiger partial charge in [0.2, 0.25) is 0 Å². The third-order valence-electron chi connectivity index (χ3n) is 5.22. The number of hydrogen-bond donors (Lipinski definition) is 0. The molecule has 0 saturated carbocycles. The van der Waals surface area contributed by atoms with Crippen molar-refractivity contribution in [1.29, 1.82) is 0 Å². The first-order chi connectivity index (χ1) is 13.6. The molecule has 0 saturated heterocycles. The quantitative estimate of drug-likeness (QED) is 0.164. The molecule has 0 aliphatic heterocycles. The molecule has 0 aromatic heterocycles. The van der Waals surface area contributed by atoms with Crippen LogP contribution in [-0.4, -0.2) is 16.6 Å². The van der Waals surface area contributed by atoms with E-state index < -0.39 is 24.9 Å². The molecule has 0 radical (unpaired) electrons. The van der Waals surface area contributed by atoms with E-state index in [0.29, 0.717) is 35.5 Å². The van der Waals surface area contributed by atoms with Gasteiger partial charge in [-0.1, -0.05) is 83.1 Å². The van der Waals surface area contributed by atoms with Crippen molar-refractivity contribution in [2.24, 2.45) is 35.5 Å². The minimum absolute atomic E-state index is 0.557. The van der Waals surface area contributed by atoms with Crippen LogP contribution >= 0.6 is 8.25 Å². The lowest BCUT2D eigenvalue weighted by Gasteiger charge is -2.32. The van der Waals surface area contributed by atoms with Gasteiger partial charge in [-0.15, -0.1) is 0 Å². The van der Waals surface area contributed by atoms with Gasteiger partial charge in [-0.3, -0.25) is 0 Å². The molecule has 0 unspecified atom stereocenters. The molecule has 0 heterocycles. The van der Waals surface area contributed by atoms with E-state index in [0.717, 1.165) is 36.3 Å². The molecule has 180 valence electrons. The van der Waals surface area contributed by atoms with E-state index in [-0.39, 0.29) is 0 Å². The molecule has 0 atom stereocenters.